The fraction of sp³-hybridized carbons (Fsp3) is 0.375. The van der Waals surface area contributed by atoms with E-state index in [0.29, 0.717) is 18.8 Å². The van der Waals surface area contributed by atoms with E-state index in [1.54, 1.807) is 36.8 Å². The number of benzene rings is 1. The topological polar surface area (TPSA) is 68.5 Å². The highest BCUT2D eigenvalue weighted by Crippen LogP contribution is 2.17. The van der Waals surface area contributed by atoms with Crippen LogP contribution >= 0.6 is 0 Å². The van der Waals surface area contributed by atoms with Gasteiger partial charge in [-0.2, -0.15) is 0 Å². The first-order valence-corrected chi connectivity index (χ1v) is 8.76. The summed E-state index contributed by atoms with van der Waals surface area (Å²) in [6.45, 7) is 4.46. The minimum Gasteiger partial charge on any atom is -0.494 e. The van der Waals surface area contributed by atoms with Gasteiger partial charge in [-0.3, -0.25) is 0 Å². The summed E-state index contributed by atoms with van der Waals surface area (Å²) in [6.07, 6.45) is 4.68. The van der Waals surface area contributed by atoms with Crippen LogP contribution in [0.1, 0.15) is 25.8 Å². The number of hydrogen-bond acceptors (Lipinski definition) is 4. The molecule has 6 heteroatoms. The molecule has 5 nitrogen and oxygen atoms in total. The van der Waals surface area contributed by atoms with Crippen molar-refractivity contribution in [2.45, 2.75) is 37.6 Å². The normalized spacial score (nSPS) is 13.0. The SMILES string of the molecule is CCCOc1ccc(S(=O)(=O)N[C@H](C)Cc2ccoc2)cc1. The number of nitrogens with one attached hydrogen (secondary N) is 1. The Morgan fingerprint density at radius 3 is 2.55 bits per heavy atom. The van der Waals surface area contributed by atoms with Gasteiger partial charge in [0.25, 0.3) is 0 Å². The second-order valence-corrected chi connectivity index (χ2v) is 6.89. The molecule has 0 bridgehead atoms. The molecule has 0 amide bonds. The number of furan rings is 1. The molecule has 1 aromatic carbocycles. The van der Waals surface area contributed by atoms with E-state index in [2.05, 4.69) is 4.72 Å². The zero-order valence-corrected chi connectivity index (χ0v) is 13.6. The monoisotopic (exact) mass is 323 g/mol. The molecule has 1 N–H and O–H groups in total. The third-order valence-electron chi connectivity index (χ3n) is 3.09. The highest BCUT2D eigenvalue weighted by atomic mass is 32.2. The van der Waals surface area contributed by atoms with Crippen LogP contribution in [0.15, 0.2) is 52.2 Å². The third kappa shape index (κ3) is 4.61. The molecule has 0 saturated heterocycles. The van der Waals surface area contributed by atoms with Gasteiger partial charge in [0.15, 0.2) is 0 Å². The standard InChI is InChI=1S/C16H21NO4S/c1-3-9-21-15-4-6-16(7-5-15)22(18,19)17-13(2)11-14-8-10-20-12-14/h4-8,10,12-13,17H,3,9,11H2,1-2H3/t13-/m1/s1. The largest absolute Gasteiger partial charge is 0.494 e. The maximum atomic E-state index is 12.3. The Morgan fingerprint density at radius 1 is 1.23 bits per heavy atom. The molecule has 1 atom stereocenters. The summed E-state index contributed by atoms with van der Waals surface area (Å²) in [5.41, 5.74) is 0.957. The quantitative estimate of drug-likeness (QED) is 0.811. The lowest BCUT2D eigenvalue weighted by atomic mass is 10.1. The van der Waals surface area contributed by atoms with Gasteiger partial charge >= 0.3 is 0 Å². The molecule has 1 aromatic heterocycles. The first-order valence-electron chi connectivity index (χ1n) is 7.27. The Kier molecular flexibility index (Phi) is 5.63. The first-order chi connectivity index (χ1) is 10.5. The van der Waals surface area contributed by atoms with Crippen LogP contribution in [0.3, 0.4) is 0 Å². The average Bonchev–Trinajstić information content (AvgIpc) is 2.97. The molecule has 1 heterocycles. The van der Waals surface area contributed by atoms with E-state index in [4.69, 9.17) is 9.15 Å². The molecule has 2 aromatic rings. The van der Waals surface area contributed by atoms with Gasteiger partial charge in [0.05, 0.1) is 24.0 Å². The Balaban J connectivity index is 2.00. The minimum absolute atomic E-state index is 0.224. The van der Waals surface area contributed by atoms with Crippen LogP contribution in [0.25, 0.3) is 0 Å². The fourth-order valence-electron chi connectivity index (χ4n) is 2.07. The molecule has 0 radical (unpaired) electrons. The van der Waals surface area contributed by atoms with Crippen molar-refractivity contribution in [2.75, 3.05) is 6.61 Å². The van der Waals surface area contributed by atoms with Gasteiger partial charge in [-0.05, 0) is 55.7 Å². The predicted octanol–water partition coefficient (Wildman–Crippen LogP) is 2.98. The van der Waals surface area contributed by atoms with E-state index in [0.717, 1.165) is 12.0 Å². The Hall–Kier alpha value is -1.79. The Bertz CT molecular complexity index is 663. The zero-order chi connectivity index (χ0) is 16.0. The van der Waals surface area contributed by atoms with Gasteiger partial charge in [-0.1, -0.05) is 6.92 Å². The second-order valence-electron chi connectivity index (χ2n) is 5.18. The summed E-state index contributed by atoms with van der Waals surface area (Å²) in [4.78, 5) is 0.232. The van der Waals surface area contributed by atoms with Crippen LogP contribution in [0.4, 0.5) is 0 Å². The highest BCUT2D eigenvalue weighted by molar-refractivity contribution is 7.89. The summed E-state index contributed by atoms with van der Waals surface area (Å²) < 4.78 is 37.7. The van der Waals surface area contributed by atoms with Crippen LogP contribution in [-0.2, 0) is 16.4 Å². The average molecular weight is 323 g/mol. The van der Waals surface area contributed by atoms with Gasteiger partial charge in [0.2, 0.25) is 10.0 Å². The van der Waals surface area contributed by atoms with Crippen molar-refractivity contribution in [1.29, 1.82) is 0 Å². The molecule has 22 heavy (non-hydrogen) atoms. The van der Waals surface area contributed by atoms with Crippen LogP contribution in [0.2, 0.25) is 0 Å². The summed E-state index contributed by atoms with van der Waals surface area (Å²) in [7, 11) is -3.54. The van der Waals surface area contributed by atoms with E-state index >= 15 is 0 Å². The maximum absolute atomic E-state index is 12.3. The summed E-state index contributed by atoms with van der Waals surface area (Å²) in [5.74, 6) is 0.673. The van der Waals surface area contributed by atoms with Crippen molar-refractivity contribution >= 4 is 10.0 Å². The first kappa shape index (κ1) is 16.6. The summed E-state index contributed by atoms with van der Waals surface area (Å²) in [5, 5.41) is 0. The Morgan fingerprint density at radius 2 is 1.95 bits per heavy atom. The van der Waals surface area contributed by atoms with Crippen molar-refractivity contribution in [1.82, 2.24) is 4.72 Å². The third-order valence-corrected chi connectivity index (χ3v) is 4.69. The van der Waals surface area contributed by atoms with Crippen LogP contribution in [0, 0.1) is 0 Å². The number of ether oxygens (including phenoxy) is 1. The van der Waals surface area contributed by atoms with Crippen molar-refractivity contribution in [3.63, 3.8) is 0 Å². The van der Waals surface area contributed by atoms with E-state index in [1.807, 2.05) is 19.9 Å². The molecular formula is C16H21NO4S. The minimum atomic E-state index is -3.54. The lowest BCUT2D eigenvalue weighted by Gasteiger charge is -2.13. The molecule has 0 aliphatic rings. The zero-order valence-electron chi connectivity index (χ0n) is 12.8. The fourth-order valence-corrected chi connectivity index (χ4v) is 3.32. The lowest BCUT2D eigenvalue weighted by molar-refractivity contribution is 0.317. The summed E-state index contributed by atoms with van der Waals surface area (Å²) >= 11 is 0. The Labute approximate surface area is 131 Å². The van der Waals surface area contributed by atoms with E-state index in [9.17, 15) is 8.42 Å². The van der Waals surface area contributed by atoms with Gasteiger partial charge in [0.1, 0.15) is 5.75 Å². The van der Waals surface area contributed by atoms with Crippen LogP contribution in [-0.4, -0.2) is 21.1 Å². The number of rotatable bonds is 8. The van der Waals surface area contributed by atoms with Gasteiger partial charge in [-0.25, -0.2) is 13.1 Å². The van der Waals surface area contributed by atoms with Gasteiger partial charge in [-0.15, -0.1) is 0 Å². The number of hydrogen-bond donors (Lipinski definition) is 1. The predicted molar refractivity (Wildman–Crippen MR) is 84.4 cm³/mol. The molecule has 0 spiro atoms. The van der Waals surface area contributed by atoms with Crippen molar-refractivity contribution in [3.8, 4) is 5.75 Å². The van der Waals surface area contributed by atoms with Crippen LogP contribution in [0.5, 0.6) is 5.75 Å². The summed E-state index contributed by atoms with van der Waals surface area (Å²) in [6, 6.07) is 8.05. The van der Waals surface area contributed by atoms with E-state index in [-0.39, 0.29) is 10.9 Å². The van der Waals surface area contributed by atoms with Crippen molar-refractivity contribution in [2.24, 2.45) is 0 Å². The highest BCUT2D eigenvalue weighted by Gasteiger charge is 2.17. The van der Waals surface area contributed by atoms with Gasteiger partial charge in [0, 0.05) is 6.04 Å². The lowest BCUT2D eigenvalue weighted by Crippen LogP contribution is -2.34. The second kappa shape index (κ2) is 7.47. The molecule has 0 fully saturated rings. The number of sulfonamides is 1. The molecule has 0 saturated carbocycles. The van der Waals surface area contributed by atoms with E-state index in [1.165, 1.54) is 0 Å². The molecule has 0 aliphatic carbocycles. The molecule has 0 aliphatic heterocycles. The molecular weight excluding hydrogens is 302 g/mol. The molecule has 0 unspecified atom stereocenters. The van der Waals surface area contributed by atoms with Crippen molar-refractivity contribution in [3.05, 3.63) is 48.4 Å². The van der Waals surface area contributed by atoms with Crippen molar-refractivity contribution < 1.29 is 17.6 Å². The smallest absolute Gasteiger partial charge is 0.240 e. The molecule has 120 valence electrons. The van der Waals surface area contributed by atoms with Gasteiger partial charge < -0.3 is 9.15 Å². The van der Waals surface area contributed by atoms with E-state index < -0.39 is 10.0 Å². The molecule has 2 rings (SSSR count). The maximum Gasteiger partial charge on any atom is 0.240 e. The van der Waals surface area contributed by atoms with Crippen LogP contribution < -0.4 is 9.46 Å².